The summed E-state index contributed by atoms with van der Waals surface area (Å²) in [6, 6.07) is -0.0113. The van der Waals surface area contributed by atoms with Gasteiger partial charge in [-0.3, -0.25) is 9.59 Å². The molecule has 0 aromatic carbocycles. The molecule has 0 aromatic heterocycles. The van der Waals surface area contributed by atoms with Gasteiger partial charge in [-0.05, 0) is 6.42 Å². The van der Waals surface area contributed by atoms with Gasteiger partial charge in [0.2, 0.25) is 5.91 Å². The van der Waals surface area contributed by atoms with Crippen LogP contribution >= 0.6 is 0 Å². The van der Waals surface area contributed by atoms with E-state index in [1.165, 1.54) is 0 Å². The Morgan fingerprint density at radius 2 is 2.35 bits per heavy atom. The second-order valence-corrected chi connectivity index (χ2v) is 4.14. The Morgan fingerprint density at radius 1 is 1.59 bits per heavy atom. The van der Waals surface area contributed by atoms with Gasteiger partial charge in [-0.25, -0.2) is 5.43 Å². The van der Waals surface area contributed by atoms with Crippen molar-refractivity contribution in [3.8, 4) is 0 Å². The van der Waals surface area contributed by atoms with Gasteiger partial charge in [0.05, 0.1) is 0 Å². The van der Waals surface area contributed by atoms with E-state index in [1.54, 1.807) is 0 Å². The molecule has 6 nitrogen and oxygen atoms in total. The number of nitrogens with zero attached hydrogens (tertiary/aromatic N) is 1. The van der Waals surface area contributed by atoms with Crippen LogP contribution in [0.1, 0.15) is 39.0 Å². The van der Waals surface area contributed by atoms with Crippen LogP contribution in [0.2, 0.25) is 0 Å². The predicted molar refractivity (Wildman–Crippen MR) is 65.3 cm³/mol. The second-order valence-electron chi connectivity index (χ2n) is 4.14. The van der Waals surface area contributed by atoms with Crippen LogP contribution in [0.5, 0.6) is 0 Å². The Kier molecular flexibility index (Phi) is 5.62. The molecule has 1 rings (SSSR count). The third-order valence-corrected chi connectivity index (χ3v) is 2.69. The molecule has 1 unspecified atom stereocenters. The lowest BCUT2D eigenvalue weighted by Gasteiger charge is -2.18. The first-order valence-electron chi connectivity index (χ1n) is 6.03. The fraction of sp³-hybridized carbons (Fsp3) is 0.727. The zero-order chi connectivity index (χ0) is 12.7. The molecule has 0 radical (unpaired) electrons. The van der Waals surface area contributed by atoms with Crippen molar-refractivity contribution in [1.82, 2.24) is 10.7 Å². The lowest BCUT2D eigenvalue weighted by Crippen LogP contribution is -2.45. The standard InChI is InChI=1S/C11H20N4O2/c1-2-3-4-8(7-12)13-11(17)9-5-6-10(16)15-14-9/h8H,2-7,12H2,1H3,(H,13,17)(H,15,16). The number of carbonyl (C=O) groups excluding carboxylic acids is 2. The highest BCUT2D eigenvalue weighted by Gasteiger charge is 2.20. The minimum absolute atomic E-state index is 0.0113. The zero-order valence-corrected chi connectivity index (χ0v) is 10.2. The van der Waals surface area contributed by atoms with Crippen LogP contribution in [0, 0.1) is 0 Å². The number of rotatable bonds is 6. The van der Waals surface area contributed by atoms with E-state index in [1.807, 2.05) is 0 Å². The molecule has 4 N–H and O–H groups in total. The minimum atomic E-state index is -0.225. The molecule has 0 spiro atoms. The molecule has 96 valence electrons. The molecular weight excluding hydrogens is 220 g/mol. The summed E-state index contributed by atoms with van der Waals surface area (Å²) in [7, 11) is 0. The third-order valence-electron chi connectivity index (χ3n) is 2.69. The second kappa shape index (κ2) is 7.01. The number of hydrogen-bond donors (Lipinski definition) is 3. The SMILES string of the molecule is CCCCC(CN)NC(=O)C1=NNC(=O)CC1. The summed E-state index contributed by atoms with van der Waals surface area (Å²) in [5.41, 5.74) is 8.27. The highest BCUT2D eigenvalue weighted by molar-refractivity contribution is 6.39. The van der Waals surface area contributed by atoms with Crippen LogP contribution in [0.4, 0.5) is 0 Å². The topological polar surface area (TPSA) is 96.6 Å². The Balaban J connectivity index is 2.44. The van der Waals surface area contributed by atoms with Crippen molar-refractivity contribution in [3.63, 3.8) is 0 Å². The maximum Gasteiger partial charge on any atom is 0.267 e. The molecule has 0 bridgehead atoms. The van der Waals surface area contributed by atoms with E-state index in [4.69, 9.17) is 5.73 Å². The van der Waals surface area contributed by atoms with Crippen molar-refractivity contribution < 1.29 is 9.59 Å². The number of unbranched alkanes of at least 4 members (excludes halogenated alkanes) is 1. The number of hydrazone groups is 1. The average Bonchev–Trinajstić information content (AvgIpc) is 2.35. The summed E-state index contributed by atoms with van der Waals surface area (Å²) in [6.07, 6.45) is 3.68. The molecular formula is C11H20N4O2. The van der Waals surface area contributed by atoms with E-state index in [0.29, 0.717) is 25.1 Å². The van der Waals surface area contributed by atoms with Crippen LogP contribution in [-0.2, 0) is 9.59 Å². The largest absolute Gasteiger partial charge is 0.347 e. The molecule has 1 heterocycles. The van der Waals surface area contributed by atoms with Crippen molar-refractivity contribution in [2.45, 2.75) is 45.1 Å². The van der Waals surface area contributed by atoms with E-state index in [2.05, 4.69) is 22.8 Å². The van der Waals surface area contributed by atoms with Gasteiger partial charge in [0.25, 0.3) is 5.91 Å². The van der Waals surface area contributed by atoms with Gasteiger partial charge >= 0.3 is 0 Å². The number of amides is 2. The third kappa shape index (κ3) is 4.52. The van der Waals surface area contributed by atoms with Gasteiger partial charge in [-0.15, -0.1) is 0 Å². The van der Waals surface area contributed by atoms with Crippen molar-refractivity contribution in [2.75, 3.05) is 6.54 Å². The Bertz CT molecular complexity index is 315. The van der Waals surface area contributed by atoms with Crippen molar-refractivity contribution in [3.05, 3.63) is 0 Å². The fourth-order valence-corrected chi connectivity index (χ4v) is 1.61. The van der Waals surface area contributed by atoms with Gasteiger partial charge < -0.3 is 11.1 Å². The van der Waals surface area contributed by atoms with Gasteiger partial charge in [-0.1, -0.05) is 19.8 Å². The molecule has 1 aliphatic rings. The molecule has 0 aliphatic carbocycles. The predicted octanol–water partition coefficient (Wildman–Crippen LogP) is -0.114. The average molecular weight is 240 g/mol. The molecule has 0 saturated heterocycles. The summed E-state index contributed by atoms with van der Waals surface area (Å²) >= 11 is 0. The maximum absolute atomic E-state index is 11.8. The van der Waals surface area contributed by atoms with Crippen LogP contribution in [0.15, 0.2) is 5.10 Å². The first kappa shape index (κ1) is 13.6. The molecule has 17 heavy (non-hydrogen) atoms. The highest BCUT2D eigenvalue weighted by atomic mass is 16.2. The minimum Gasteiger partial charge on any atom is -0.347 e. The summed E-state index contributed by atoms with van der Waals surface area (Å²) in [5, 5.41) is 6.58. The van der Waals surface area contributed by atoms with Gasteiger partial charge in [0.1, 0.15) is 5.71 Å². The van der Waals surface area contributed by atoms with Crippen LogP contribution in [-0.4, -0.2) is 30.1 Å². The molecule has 6 heteroatoms. The summed E-state index contributed by atoms with van der Waals surface area (Å²) in [4.78, 5) is 22.7. The number of hydrogen-bond acceptors (Lipinski definition) is 4. The molecule has 0 saturated carbocycles. The molecule has 0 aromatic rings. The summed E-state index contributed by atoms with van der Waals surface area (Å²) in [5.74, 6) is -0.375. The smallest absolute Gasteiger partial charge is 0.267 e. The lowest BCUT2D eigenvalue weighted by atomic mass is 10.1. The van der Waals surface area contributed by atoms with Crippen LogP contribution in [0.3, 0.4) is 0 Å². The number of nitrogens with one attached hydrogen (secondary N) is 2. The van der Waals surface area contributed by atoms with E-state index < -0.39 is 0 Å². The first-order valence-corrected chi connectivity index (χ1v) is 6.03. The summed E-state index contributed by atoms with van der Waals surface area (Å²) < 4.78 is 0. The highest BCUT2D eigenvalue weighted by Crippen LogP contribution is 2.02. The molecule has 1 atom stereocenters. The quantitative estimate of drug-likeness (QED) is 0.604. The fourth-order valence-electron chi connectivity index (χ4n) is 1.61. The van der Waals surface area contributed by atoms with Crippen LogP contribution < -0.4 is 16.5 Å². The maximum atomic E-state index is 11.8. The number of nitrogens with two attached hydrogens (primary N) is 1. The monoisotopic (exact) mass is 240 g/mol. The van der Waals surface area contributed by atoms with E-state index in [-0.39, 0.29) is 17.9 Å². The van der Waals surface area contributed by atoms with E-state index in [9.17, 15) is 9.59 Å². The summed E-state index contributed by atoms with van der Waals surface area (Å²) in [6.45, 7) is 2.52. The van der Waals surface area contributed by atoms with Crippen molar-refractivity contribution in [1.29, 1.82) is 0 Å². The normalized spacial score (nSPS) is 17.1. The van der Waals surface area contributed by atoms with E-state index in [0.717, 1.165) is 19.3 Å². The van der Waals surface area contributed by atoms with Crippen molar-refractivity contribution in [2.24, 2.45) is 10.8 Å². The van der Waals surface area contributed by atoms with Gasteiger partial charge in [-0.2, -0.15) is 5.10 Å². The Hall–Kier alpha value is -1.43. The zero-order valence-electron chi connectivity index (χ0n) is 10.2. The van der Waals surface area contributed by atoms with E-state index >= 15 is 0 Å². The van der Waals surface area contributed by atoms with Gasteiger partial charge in [0.15, 0.2) is 0 Å². The Labute approximate surface area is 101 Å². The van der Waals surface area contributed by atoms with Crippen molar-refractivity contribution >= 4 is 17.5 Å². The molecule has 1 aliphatic heterocycles. The first-order chi connectivity index (χ1) is 8.17. The number of carbonyl (C=O) groups is 2. The van der Waals surface area contributed by atoms with Crippen LogP contribution in [0.25, 0.3) is 0 Å². The molecule has 0 fully saturated rings. The Morgan fingerprint density at radius 3 is 2.88 bits per heavy atom. The lowest BCUT2D eigenvalue weighted by molar-refractivity contribution is -0.121. The van der Waals surface area contributed by atoms with Gasteiger partial charge in [0, 0.05) is 25.4 Å². The molecule has 2 amide bonds.